The molecule has 0 radical (unpaired) electrons. The van der Waals surface area contributed by atoms with Crippen LogP contribution in [0.15, 0.2) is 48.0 Å². The van der Waals surface area contributed by atoms with Crippen LogP contribution in [-0.2, 0) is 21.4 Å². The van der Waals surface area contributed by atoms with Crippen molar-refractivity contribution < 1.29 is 29.6 Å². The Labute approximate surface area is 211 Å². The van der Waals surface area contributed by atoms with Crippen molar-refractivity contribution in [3.8, 4) is 17.2 Å². The van der Waals surface area contributed by atoms with Crippen molar-refractivity contribution in [1.82, 2.24) is 5.32 Å². The summed E-state index contributed by atoms with van der Waals surface area (Å²) < 4.78 is 6.39. The average molecular weight is 494 g/mol. The van der Waals surface area contributed by atoms with E-state index in [1.54, 1.807) is 18.2 Å². The predicted molar refractivity (Wildman–Crippen MR) is 136 cm³/mol. The zero-order chi connectivity index (χ0) is 26.4. The van der Waals surface area contributed by atoms with Crippen molar-refractivity contribution in [2.75, 3.05) is 0 Å². The van der Waals surface area contributed by atoms with E-state index in [2.05, 4.69) is 26.1 Å². The molecule has 0 unspecified atom stereocenters. The Kier molecular flexibility index (Phi) is 6.54. The molecule has 3 atom stereocenters. The van der Waals surface area contributed by atoms with Gasteiger partial charge in [-0.2, -0.15) is 0 Å². The quantitative estimate of drug-likeness (QED) is 0.476. The maximum atomic E-state index is 13.2. The summed E-state index contributed by atoms with van der Waals surface area (Å²) in [6, 6.07) is 8.91. The summed E-state index contributed by atoms with van der Waals surface area (Å²) in [5, 5.41) is 32.9. The molecule has 1 heterocycles. The highest BCUT2D eigenvalue weighted by molar-refractivity contribution is 5.96. The highest BCUT2D eigenvalue weighted by Crippen LogP contribution is 2.54. The first-order valence-electron chi connectivity index (χ1n) is 12.3. The second-order valence-electron chi connectivity index (χ2n) is 11.5. The van der Waals surface area contributed by atoms with Gasteiger partial charge in [0.25, 0.3) is 0 Å². The number of carbonyl (C=O) groups excluding carboxylic acids is 1. The van der Waals surface area contributed by atoms with E-state index in [0.717, 1.165) is 5.56 Å². The monoisotopic (exact) mass is 493 g/mol. The molecule has 7 heteroatoms. The second-order valence-corrected chi connectivity index (χ2v) is 11.5. The lowest BCUT2D eigenvalue weighted by atomic mass is 9.66. The molecule has 0 aromatic heterocycles. The maximum absolute atomic E-state index is 13.2. The smallest absolute Gasteiger partial charge is 0.326 e. The number of rotatable bonds is 5. The number of carbonyl (C=O) groups is 2. The van der Waals surface area contributed by atoms with Crippen LogP contribution < -0.4 is 10.1 Å². The lowest BCUT2D eigenvalue weighted by Gasteiger charge is -2.47. The number of carboxylic acid groups (broad SMARTS) is 1. The molecular weight excluding hydrogens is 458 g/mol. The van der Waals surface area contributed by atoms with Gasteiger partial charge in [0.2, 0.25) is 5.91 Å². The summed E-state index contributed by atoms with van der Waals surface area (Å²) in [7, 11) is 0. The molecule has 2 aromatic carbocycles. The van der Waals surface area contributed by atoms with Crippen LogP contribution in [0, 0.1) is 5.92 Å². The van der Waals surface area contributed by atoms with Crippen LogP contribution in [0.2, 0.25) is 0 Å². The first-order valence-corrected chi connectivity index (χ1v) is 12.3. The van der Waals surface area contributed by atoms with Gasteiger partial charge in [0, 0.05) is 29.4 Å². The summed E-state index contributed by atoms with van der Waals surface area (Å²) in [6.45, 7) is 10.3. The van der Waals surface area contributed by atoms with E-state index in [1.165, 1.54) is 12.1 Å². The lowest BCUT2D eigenvalue weighted by molar-refractivity contribution is -0.141. The van der Waals surface area contributed by atoms with Crippen LogP contribution in [0.25, 0.3) is 0 Å². The number of allylic oxidation sites excluding steroid dienone is 1. The Morgan fingerprint density at radius 1 is 1.14 bits per heavy atom. The van der Waals surface area contributed by atoms with E-state index < -0.39 is 23.5 Å². The molecule has 2 aromatic rings. The van der Waals surface area contributed by atoms with Crippen LogP contribution in [0.5, 0.6) is 17.2 Å². The third-order valence-corrected chi connectivity index (χ3v) is 7.44. The number of aliphatic carboxylic acids is 1. The van der Waals surface area contributed by atoms with Crippen molar-refractivity contribution >= 4 is 11.9 Å². The van der Waals surface area contributed by atoms with Gasteiger partial charge in [0.15, 0.2) is 0 Å². The number of phenolic OH excluding ortho intramolecular Hbond substituents is 2. The molecular formula is C29H35NO6. The largest absolute Gasteiger partial charge is 0.508 e. The fourth-order valence-corrected chi connectivity index (χ4v) is 5.33. The highest BCUT2D eigenvalue weighted by atomic mass is 16.5. The molecule has 0 bridgehead atoms. The molecule has 0 fully saturated rings. The second kappa shape index (κ2) is 9.19. The molecule has 0 saturated heterocycles. The van der Waals surface area contributed by atoms with E-state index in [-0.39, 0.29) is 35.2 Å². The van der Waals surface area contributed by atoms with Gasteiger partial charge in [-0.3, -0.25) is 4.79 Å². The summed E-state index contributed by atoms with van der Waals surface area (Å²) in [5.74, 6) is -0.728. The van der Waals surface area contributed by atoms with Crippen LogP contribution in [0.3, 0.4) is 0 Å². The molecule has 4 N–H and O–H groups in total. The molecule has 2 aliphatic rings. The van der Waals surface area contributed by atoms with Crippen LogP contribution in [0.1, 0.15) is 70.1 Å². The van der Waals surface area contributed by atoms with Gasteiger partial charge >= 0.3 is 5.97 Å². The van der Waals surface area contributed by atoms with Crippen molar-refractivity contribution in [1.29, 1.82) is 0 Å². The predicted octanol–water partition coefficient (Wildman–Crippen LogP) is 4.80. The Morgan fingerprint density at radius 2 is 1.81 bits per heavy atom. The van der Waals surface area contributed by atoms with Gasteiger partial charge in [-0.1, -0.05) is 39.0 Å². The third kappa shape index (κ3) is 5.06. The fourth-order valence-electron chi connectivity index (χ4n) is 5.33. The molecule has 0 spiro atoms. The zero-order valence-corrected chi connectivity index (χ0v) is 21.5. The molecule has 4 rings (SSSR count). The maximum Gasteiger partial charge on any atom is 0.326 e. The van der Waals surface area contributed by atoms with Crippen molar-refractivity contribution in [2.45, 2.75) is 76.9 Å². The Bertz CT molecular complexity index is 1210. The van der Waals surface area contributed by atoms with Crippen molar-refractivity contribution in [3.63, 3.8) is 0 Å². The number of nitrogens with one attached hydrogen (secondary N) is 1. The molecule has 7 nitrogen and oxygen atoms in total. The topological polar surface area (TPSA) is 116 Å². The fraction of sp³-hybridized carbons (Fsp3) is 0.448. The number of benzene rings is 2. The molecule has 36 heavy (non-hydrogen) atoms. The molecule has 192 valence electrons. The Balaban J connectivity index is 1.59. The SMILES string of the molecule is CC(C)(C)c1cc(O)c2c(c1)OC(C)(C)[C@@H]1CC=C(C(=O)N[C@H](Cc3ccc(O)cc3)C(=O)O)C[C@@H]21. The first kappa shape index (κ1) is 25.6. The normalized spacial score (nSPS) is 21.3. The minimum atomic E-state index is -1.13. The van der Waals surface area contributed by atoms with E-state index in [9.17, 15) is 24.9 Å². The number of aromatic hydroxyl groups is 2. The number of carboxylic acids is 1. The molecule has 1 aliphatic heterocycles. The van der Waals surface area contributed by atoms with Gasteiger partial charge in [-0.15, -0.1) is 0 Å². The zero-order valence-electron chi connectivity index (χ0n) is 21.5. The van der Waals surface area contributed by atoms with Crippen LogP contribution in [-0.4, -0.2) is 38.8 Å². The molecule has 0 saturated carbocycles. The minimum Gasteiger partial charge on any atom is -0.508 e. The van der Waals surface area contributed by atoms with Crippen molar-refractivity contribution in [2.24, 2.45) is 5.92 Å². The van der Waals surface area contributed by atoms with Gasteiger partial charge in [0.1, 0.15) is 28.9 Å². The van der Waals surface area contributed by atoms with Gasteiger partial charge < -0.3 is 25.4 Å². The lowest BCUT2D eigenvalue weighted by Crippen LogP contribution is -2.47. The van der Waals surface area contributed by atoms with Gasteiger partial charge in [-0.25, -0.2) is 4.79 Å². The van der Waals surface area contributed by atoms with Gasteiger partial charge in [0.05, 0.1) is 0 Å². The van der Waals surface area contributed by atoms with E-state index in [4.69, 9.17) is 4.74 Å². The number of ether oxygens (including phenoxy) is 1. The minimum absolute atomic E-state index is 0.0557. The number of hydrogen-bond donors (Lipinski definition) is 4. The van der Waals surface area contributed by atoms with E-state index >= 15 is 0 Å². The average Bonchev–Trinajstić information content (AvgIpc) is 2.78. The summed E-state index contributed by atoms with van der Waals surface area (Å²) in [6.07, 6.45) is 2.92. The number of fused-ring (bicyclic) bond motifs is 3. The standard InChI is InChI=1S/C29H35NO6/c1-28(2,3)18-14-23(32)25-20-13-17(8-11-21(20)29(4,5)36-24(25)15-18)26(33)30-22(27(34)35)12-16-6-9-19(31)10-7-16/h6-10,14-15,20-22,31-32H,11-13H2,1-5H3,(H,30,33)(H,34,35)/t20-,21-,22-/m1/s1. The first-order chi connectivity index (χ1) is 16.8. The highest BCUT2D eigenvalue weighted by Gasteiger charge is 2.47. The van der Waals surface area contributed by atoms with Crippen LogP contribution in [0.4, 0.5) is 0 Å². The molecule has 1 aliphatic carbocycles. The van der Waals surface area contributed by atoms with E-state index in [1.807, 2.05) is 26.0 Å². The summed E-state index contributed by atoms with van der Waals surface area (Å²) in [5.41, 5.74) is 2.22. The van der Waals surface area contributed by atoms with Gasteiger partial charge in [-0.05, 0) is 67.5 Å². The summed E-state index contributed by atoms with van der Waals surface area (Å²) >= 11 is 0. The number of phenols is 2. The number of hydrogen-bond acceptors (Lipinski definition) is 5. The molecule has 1 amide bonds. The van der Waals surface area contributed by atoms with Crippen molar-refractivity contribution in [3.05, 3.63) is 64.7 Å². The van der Waals surface area contributed by atoms with E-state index in [0.29, 0.717) is 35.3 Å². The number of amides is 1. The third-order valence-electron chi connectivity index (χ3n) is 7.44. The van der Waals surface area contributed by atoms with Crippen LogP contribution >= 0.6 is 0 Å². The Morgan fingerprint density at radius 3 is 2.42 bits per heavy atom. The summed E-state index contributed by atoms with van der Waals surface area (Å²) in [4.78, 5) is 25.1. The Hall–Kier alpha value is -3.48.